The summed E-state index contributed by atoms with van der Waals surface area (Å²) in [4.78, 5) is 5.65. The van der Waals surface area contributed by atoms with E-state index in [4.69, 9.17) is 12.2 Å². The van der Waals surface area contributed by atoms with Gasteiger partial charge in [0.2, 0.25) is 0 Å². The Morgan fingerprint density at radius 1 is 1.50 bits per heavy atom. The van der Waals surface area contributed by atoms with Gasteiger partial charge in [0.25, 0.3) is 0 Å². The number of aryl methyl sites for hydroxylation is 1. The predicted octanol–water partition coefficient (Wildman–Crippen LogP) is 2.67. The van der Waals surface area contributed by atoms with Gasteiger partial charge in [0.1, 0.15) is 0 Å². The van der Waals surface area contributed by atoms with E-state index in [2.05, 4.69) is 18.8 Å². The van der Waals surface area contributed by atoms with Crippen LogP contribution in [0.5, 0.6) is 0 Å². The molecule has 2 heterocycles. The van der Waals surface area contributed by atoms with E-state index in [9.17, 15) is 0 Å². The second-order valence-electron chi connectivity index (χ2n) is 2.99. The van der Waals surface area contributed by atoms with Crippen molar-refractivity contribution >= 4 is 28.2 Å². The van der Waals surface area contributed by atoms with Gasteiger partial charge < -0.3 is 0 Å². The SMILES string of the molecule is Cc1cnc2c(c1C)SC(=S)C2. The molecule has 2 rings (SSSR count). The van der Waals surface area contributed by atoms with Crippen molar-refractivity contribution in [1.29, 1.82) is 0 Å². The van der Waals surface area contributed by atoms with Gasteiger partial charge in [-0.05, 0) is 25.0 Å². The Balaban J connectivity index is 2.61. The standard InChI is InChI=1S/C9H9NS2/c1-5-4-10-7-3-8(11)12-9(7)6(5)2/h4H,3H2,1-2H3. The van der Waals surface area contributed by atoms with Crippen LogP contribution in [0.1, 0.15) is 16.8 Å². The summed E-state index contributed by atoms with van der Waals surface area (Å²) in [5, 5.41) is 0. The fourth-order valence-corrected chi connectivity index (χ4v) is 2.65. The van der Waals surface area contributed by atoms with Crippen LogP contribution in [0.2, 0.25) is 0 Å². The summed E-state index contributed by atoms with van der Waals surface area (Å²) < 4.78 is 1.05. The van der Waals surface area contributed by atoms with Crippen LogP contribution >= 0.6 is 24.0 Å². The number of thiocarbonyl (C=S) groups is 1. The molecule has 1 aromatic rings. The highest BCUT2D eigenvalue weighted by Gasteiger charge is 2.20. The number of hydrogen-bond acceptors (Lipinski definition) is 3. The second kappa shape index (κ2) is 2.82. The van der Waals surface area contributed by atoms with E-state index < -0.39 is 0 Å². The quantitative estimate of drug-likeness (QED) is 0.591. The molecule has 0 aliphatic carbocycles. The van der Waals surface area contributed by atoms with Crippen LogP contribution in [0.3, 0.4) is 0 Å². The number of pyridine rings is 1. The summed E-state index contributed by atoms with van der Waals surface area (Å²) >= 11 is 6.85. The number of rotatable bonds is 0. The summed E-state index contributed by atoms with van der Waals surface area (Å²) in [7, 11) is 0. The van der Waals surface area contributed by atoms with Crippen molar-refractivity contribution in [1.82, 2.24) is 4.98 Å². The van der Waals surface area contributed by atoms with Crippen molar-refractivity contribution in [2.45, 2.75) is 25.2 Å². The molecule has 0 saturated heterocycles. The summed E-state index contributed by atoms with van der Waals surface area (Å²) in [6, 6.07) is 0. The van der Waals surface area contributed by atoms with Crippen molar-refractivity contribution < 1.29 is 0 Å². The maximum Gasteiger partial charge on any atom is 0.0603 e. The summed E-state index contributed by atoms with van der Waals surface area (Å²) in [6.07, 6.45) is 2.80. The third-order valence-electron chi connectivity index (χ3n) is 2.14. The highest BCUT2D eigenvalue weighted by molar-refractivity contribution is 8.23. The fourth-order valence-electron chi connectivity index (χ4n) is 1.27. The summed E-state index contributed by atoms with van der Waals surface area (Å²) in [5.74, 6) is 0. The Bertz CT molecular complexity index is 358. The van der Waals surface area contributed by atoms with Crippen molar-refractivity contribution in [3.63, 3.8) is 0 Å². The topological polar surface area (TPSA) is 12.9 Å². The maximum absolute atomic E-state index is 5.15. The molecule has 1 nitrogen and oxygen atoms in total. The van der Waals surface area contributed by atoms with Gasteiger partial charge in [-0.1, -0.05) is 24.0 Å². The molecule has 1 aliphatic rings. The first-order valence-electron chi connectivity index (χ1n) is 3.84. The van der Waals surface area contributed by atoms with E-state index >= 15 is 0 Å². The van der Waals surface area contributed by atoms with Gasteiger partial charge in [-0.25, -0.2) is 0 Å². The smallest absolute Gasteiger partial charge is 0.0603 e. The molecular weight excluding hydrogens is 186 g/mol. The Labute approximate surface area is 81.6 Å². The first-order chi connectivity index (χ1) is 5.68. The minimum atomic E-state index is 0.871. The van der Waals surface area contributed by atoms with Gasteiger partial charge in [-0.3, -0.25) is 4.98 Å². The third kappa shape index (κ3) is 1.17. The number of fused-ring (bicyclic) bond motifs is 1. The Hall–Kier alpha value is -0.410. The van der Waals surface area contributed by atoms with E-state index in [1.807, 2.05) is 6.20 Å². The van der Waals surface area contributed by atoms with Crippen molar-refractivity contribution in [3.05, 3.63) is 23.0 Å². The molecule has 62 valence electrons. The molecule has 0 aromatic carbocycles. The lowest BCUT2D eigenvalue weighted by Gasteiger charge is -2.03. The lowest BCUT2D eigenvalue weighted by molar-refractivity contribution is 1.04. The zero-order chi connectivity index (χ0) is 8.72. The molecule has 0 atom stereocenters. The highest BCUT2D eigenvalue weighted by atomic mass is 32.2. The van der Waals surface area contributed by atoms with E-state index in [1.54, 1.807) is 11.8 Å². The Morgan fingerprint density at radius 3 is 3.00 bits per heavy atom. The lowest BCUT2D eigenvalue weighted by atomic mass is 10.1. The molecule has 12 heavy (non-hydrogen) atoms. The molecule has 0 spiro atoms. The number of thioether (sulfide) groups is 1. The van der Waals surface area contributed by atoms with Crippen LogP contribution in [0.25, 0.3) is 0 Å². The van der Waals surface area contributed by atoms with Crippen LogP contribution < -0.4 is 0 Å². The van der Waals surface area contributed by atoms with Gasteiger partial charge in [0.15, 0.2) is 0 Å². The summed E-state index contributed by atoms with van der Waals surface area (Å²) in [5.41, 5.74) is 3.75. The van der Waals surface area contributed by atoms with E-state index in [0.29, 0.717) is 0 Å². The molecule has 0 bridgehead atoms. The predicted molar refractivity (Wildman–Crippen MR) is 55.9 cm³/mol. The maximum atomic E-state index is 5.15. The monoisotopic (exact) mass is 195 g/mol. The molecule has 1 aliphatic heterocycles. The van der Waals surface area contributed by atoms with Crippen LogP contribution in [0, 0.1) is 13.8 Å². The first kappa shape index (κ1) is 8.20. The first-order valence-corrected chi connectivity index (χ1v) is 5.06. The number of nitrogens with zero attached hydrogens (tertiary/aromatic N) is 1. The number of aromatic nitrogens is 1. The van der Waals surface area contributed by atoms with E-state index in [-0.39, 0.29) is 0 Å². The average Bonchev–Trinajstić information content (AvgIpc) is 2.39. The molecular formula is C9H9NS2. The van der Waals surface area contributed by atoms with Gasteiger partial charge in [0.05, 0.1) is 9.89 Å². The van der Waals surface area contributed by atoms with Crippen LogP contribution in [0.4, 0.5) is 0 Å². The van der Waals surface area contributed by atoms with Crippen LogP contribution in [-0.4, -0.2) is 9.18 Å². The largest absolute Gasteiger partial charge is 0.259 e. The van der Waals surface area contributed by atoms with Crippen molar-refractivity contribution in [2.24, 2.45) is 0 Å². The Morgan fingerprint density at radius 2 is 2.25 bits per heavy atom. The van der Waals surface area contributed by atoms with Gasteiger partial charge >= 0.3 is 0 Å². The number of hydrogen-bond donors (Lipinski definition) is 0. The van der Waals surface area contributed by atoms with Gasteiger partial charge in [-0.2, -0.15) is 0 Å². The zero-order valence-corrected chi connectivity index (χ0v) is 8.68. The average molecular weight is 195 g/mol. The second-order valence-corrected chi connectivity index (χ2v) is 4.85. The highest BCUT2D eigenvalue weighted by Crippen LogP contribution is 2.35. The van der Waals surface area contributed by atoms with Crippen molar-refractivity contribution in [3.8, 4) is 0 Å². The van der Waals surface area contributed by atoms with Crippen molar-refractivity contribution in [2.75, 3.05) is 0 Å². The minimum Gasteiger partial charge on any atom is -0.259 e. The molecule has 0 unspecified atom stereocenters. The summed E-state index contributed by atoms with van der Waals surface area (Å²) in [6.45, 7) is 4.22. The fraction of sp³-hybridized carbons (Fsp3) is 0.333. The lowest BCUT2D eigenvalue weighted by Crippen LogP contribution is -1.92. The normalized spacial score (nSPS) is 15.0. The van der Waals surface area contributed by atoms with E-state index in [1.165, 1.54) is 16.0 Å². The van der Waals surface area contributed by atoms with Crippen LogP contribution in [0.15, 0.2) is 11.1 Å². The zero-order valence-electron chi connectivity index (χ0n) is 7.05. The molecule has 1 aromatic heterocycles. The molecule has 0 radical (unpaired) electrons. The van der Waals surface area contributed by atoms with E-state index in [0.717, 1.165) is 16.3 Å². The molecule has 0 amide bonds. The molecule has 0 fully saturated rings. The molecule has 0 saturated carbocycles. The Kier molecular flexibility index (Phi) is 1.93. The minimum absolute atomic E-state index is 0.871. The third-order valence-corrected chi connectivity index (χ3v) is 3.65. The van der Waals surface area contributed by atoms with Gasteiger partial charge in [-0.15, -0.1) is 0 Å². The molecule has 0 N–H and O–H groups in total. The van der Waals surface area contributed by atoms with Crippen LogP contribution in [-0.2, 0) is 6.42 Å². The van der Waals surface area contributed by atoms with Gasteiger partial charge in [0, 0.05) is 17.5 Å². The molecule has 3 heteroatoms.